The summed E-state index contributed by atoms with van der Waals surface area (Å²) in [6.07, 6.45) is -4.53. The summed E-state index contributed by atoms with van der Waals surface area (Å²) >= 11 is -0.199. The molecule has 0 unspecified atom stereocenters. The van der Waals surface area contributed by atoms with Gasteiger partial charge in [-0.05, 0) is 0 Å². The van der Waals surface area contributed by atoms with E-state index < -0.39 is 29.4 Å². The monoisotopic (exact) mass is 320 g/mol. The van der Waals surface area contributed by atoms with Crippen LogP contribution in [0.3, 0.4) is 0 Å². The van der Waals surface area contributed by atoms with Gasteiger partial charge >= 0.3 is 111 Å². The molecule has 18 heavy (non-hydrogen) atoms. The summed E-state index contributed by atoms with van der Waals surface area (Å²) in [5.74, 6) is 0. The van der Waals surface area contributed by atoms with Crippen molar-refractivity contribution in [3.05, 3.63) is 30.3 Å². The molecular formula is C12H16O5Se. The van der Waals surface area contributed by atoms with Gasteiger partial charge in [0.1, 0.15) is 0 Å². The molecule has 0 spiro atoms. The van der Waals surface area contributed by atoms with Crippen LogP contribution in [0, 0.1) is 0 Å². The van der Waals surface area contributed by atoms with E-state index in [0.29, 0.717) is 0 Å². The van der Waals surface area contributed by atoms with Crippen molar-refractivity contribution in [3.63, 3.8) is 0 Å². The van der Waals surface area contributed by atoms with E-state index >= 15 is 0 Å². The second kappa shape index (κ2) is 6.12. The van der Waals surface area contributed by atoms with Crippen molar-refractivity contribution in [2.24, 2.45) is 0 Å². The molecule has 0 aromatic heterocycles. The summed E-state index contributed by atoms with van der Waals surface area (Å²) in [5, 5.41) is 37.7. The fourth-order valence-corrected chi connectivity index (χ4v) is 4.07. The molecule has 6 heteroatoms. The fourth-order valence-electron chi connectivity index (χ4n) is 1.80. The predicted octanol–water partition coefficient (Wildman–Crippen LogP) is -2.18. The van der Waals surface area contributed by atoms with Gasteiger partial charge in [-0.15, -0.1) is 0 Å². The van der Waals surface area contributed by atoms with E-state index in [-0.39, 0.29) is 21.6 Å². The molecular weight excluding hydrogens is 303 g/mol. The zero-order valence-corrected chi connectivity index (χ0v) is 11.3. The van der Waals surface area contributed by atoms with Crippen molar-refractivity contribution in [3.8, 4) is 0 Å². The Labute approximate surface area is 111 Å². The van der Waals surface area contributed by atoms with E-state index in [1.54, 1.807) is 0 Å². The van der Waals surface area contributed by atoms with Gasteiger partial charge < -0.3 is 0 Å². The Morgan fingerprint density at radius 1 is 1.00 bits per heavy atom. The number of benzene rings is 1. The SMILES string of the molecule is OC[C@H]1O[C@@H]([Se]c2ccccc2)[C@H](O)[C@@H](O)[C@H]1O. The van der Waals surface area contributed by atoms with Crippen LogP contribution in [0.1, 0.15) is 0 Å². The Kier molecular flexibility index (Phi) is 4.75. The van der Waals surface area contributed by atoms with Gasteiger partial charge in [0, 0.05) is 0 Å². The van der Waals surface area contributed by atoms with Gasteiger partial charge in [-0.25, -0.2) is 0 Å². The quantitative estimate of drug-likeness (QED) is 0.476. The summed E-state index contributed by atoms with van der Waals surface area (Å²) in [5.41, 5.74) is 0. The van der Waals surface area contributed by atoms with Gasteiger partial charge in [0.05, 0.1) is 0 Å². The Morgan fingerprint density at radius 3 is 2.28 bits per heavy atom. The third-order valence-corrected chi connectivity index (χ3v) is 5.29. The molecule has 1 fully saturated rings. The summed E-state index contributed by atoms with van der Waals surface area (Å²) < 4.78 is 6.47. The average Bonchev–Trinajstić information content (AvgIpc) is 2.40. The fraction of sp³-hybridized carbons (Fsp3) is 0.500. The van der Waals surface area contributed by atoms with Gasteiger partial charge in [0.15, 0.2) is 0 Å². The van der Waals surface area contributed by atoms with Crippen LogP contribution in [0.2, 0.25) is 0 Å². The maximum absolute atomic E-state index is 9.88. The van der Waals surface area contributed by atoms with Crippen LogP contribution in [0.15, 0.2) is 30.3 Å². The summed E-state index contributed by atoms with van der Waals surface area (Å²) in [6.45, 7) is -0.383. The van der Waals surface area contributed by atoms with Gasteiger partial charge in [-0.1, -0.05) is 0 Å². The van der Waals surface area contributed by atoms with E-state index in [0.717, 1.165) is 4.46 Å². The van der Waals surface area contributed by atoms with Gasteiger partial charge in [-0.3, -0.25) is 0 Å². The number of aliphatic hydroxyl groups is 4. The first-order valence-electron chi connectivity index (χ1n) is 5.65. The van der Waals surface area contributed by atoms with E-state index in [2.05, 4.69) is 0 Å². The van der Waals surface area contributed by atoms with E-state index in [9.17, 15) is 15.3 Å². The van der Waals surface area contributed by atoms with Gasteiger partial charge in [0.2, 0.25) is 0 Å². The van der Waals surface area contributed by atoms with Crippen LogP contribution >= 0.6 is 0 Å². The minimum atomic E-state index is -1.29. The molecule has 5 atom stereocenters. The zero-order chi connectivity index (χ0) is 13.1. The van der Waals surface area contributed by atoms with Crippen LogP contribution in [0.5, 0.6) is 0 Å². The van der Waals surface area contributed by atoms with Crippen LogP contribution in [0.4, 0.5) is 0 Å². The summed E-state index contributed by atoms with van der Waals surface area (Å²) in [7, 11) is 0. The maximum atomic E-state index is 9.88. The molecule has 1 saturated heterocycles. The van der Waals surface area contributed by atoms with Crippen molar-refractivity contribution in [1.29, 1.82) is 0 Å². The molecule has 0 radical (unpaired) electrons. The van der Waals surface area contributed by atoms with Crippen molar-refractivity contribution in [2.75, 3.05) is 6.61 Å². The Balaban J connectivity index is 2.08. The van der Waals surface area contributed by atoms with E-state index in [1.807, 2.05) is 30.3 Å². The molecule has 1 aliphatic rings. The number of rotatable bonds is 3. The number of hydrogen-bond donors (Lipinski definition) is 4. The van der Waals surface area contributed by atoms with Crippen LogP contribution in [-0.4, -0.2) is 71.4 Å². The second-order valence-electron chi connectivity index (χ2n) is 4.13. The molecule has 1 heterocycles. The normalized spacial score (nSPS) is 36.6. The van der Waals surface area contributed by atoms with Crippen molar-refractivity contribution in [2.45, 2.75) is 29.4 Å². The Hall–Kier alpha value is -0.461. The molecule has 0 saturated carbocycles. The standard InChI is InChI=1S/C12H16O5Se/c13-6-8-9(14)10(15)11(16)12(17-8)18-7-4-2-1-3-5-7/h1-5,8-16H,6H2/t8-,9+,10+,11-,12+/m1/s1. The van der Waals surface area contributed by atoms with Gasteiger partial charge in [-0.2, -0.15) is 0 Å². The van der Waals surface area contributed by atoms with Gasteiger partial charge in [0.25, 0.3) is 0 Å². The van der Waals surface area contributed by atoms with Crippen molar-refractivity contribution < 1.29 is 25.2 Å². The van der Waals surface area contributed by atoms with Crippen LogP contribution in [-0.2, 0) is 4.74 Å². The first-order valence-corrected chi connectivity index (χ1v) is 7.50. The summed E-state index contributed by atoms with van der Waals surface area (Å²) in [6, 6.07) is 9.51. The van der Waals surface area contributed by atoms with E-state index in [1.165, 1.54) is 0 Å². The van der Waals surface area contributed by atoms with Crippen molar-refractivity contribution in [1.82, 2.24) is 0 Å². The molecule has 1 aromatic rings. The molecule has 1 aliphatic heterocycles. The first kappa shape index (κ1) is 14.0. The zero-order valence-electron chi connectivity index (χ0n) is 9.59. The Bertz CT molecular complexity index is 372. The van der Waals surface area contributed by atoms with Crippen molar-refractivity contribution >= 4 is 19.4 Å². The number of ether oxygens (including phenoxy) is 1. The summed E-state index contributed by atoms with van der Waals surface area (Å²) in [4.78, 5) is 0. The predicted molar refractivity (Wildman–Crippen MR) is 65.6 cm³/mol. The number of hydrogen-bond acceptors (Lipinski definition) is 5. The number of aliphatic hydroxyl groups excluding tert-OH is 4. The molecule has 4 N–H and O–H groups in total. The molecule has 0 aliphatic carbocycles. The van der Waals surface area contributed by atoms with Crippen LogP contribution in [0.25, 0.3) is 0 Å². The molecule has 2 rings (SSSR count). The van der Waals surface area contributed by atoms with E-state index in [4.69, 9.17) is 9.84 Å². The molecule has 100 valence electrons. The average molecular weight is 319 g/mol. The second-order valence-corrected chi connectivity index (χ2v) is 6.59. The molecule has 5 nitrogen and oxygen atoms in total. The topological polar surface area (TPSA) is 90.2 Å². The molecule has 0 amide bonds. The Morgan fingerprint density at radius 2 is 1.67 bits per heavy atom. The third kappa shape index (κ3) is 2.92. The minimum absolute atomic E-state index is 0.199. The third-order valence-electron chi connectivity index (χ3n) is 2.84. The van der Waals surface area contributed by atoms with Crippen LogP contribution < -0.4 is 4.46 Å². The first-order chi connectivity index (χ1) is 8.63. The molecule has 0 bridgehead atoms. The molecule has 1 aromatic carbocycles.